The second kappa shape index (κ2) is 12.5. The zero-order chi connectivity index (χ0) is 24.4. The molecule has 1 unspecified atom stereocenters. The van der Waals surface area contributed by atoms with Crippen molar-refractivity contribution in [3.63, 3.8) is 0 Å². The Morgan fingerprint density at radius 1 is 1.00 bits per heavy atom. The van der Waals surface area contributed by atoms with Gasteiger partial charge in [0.05, 0.1) is 12.2 Å². The van der Waals surface area contributed by atoms with Crippen LogP contribution in [0.4, 0.5) is 0 Å². The van der Waals surface area contributed by atoms with E-state index in [4.69, 9.17) is 4.62 Å². The Labute approximate surface area is 194 Å². The summed E-state index contributed by atoms with van der Waals surface area (Å²) in [5.41, 5.74) is 3.60. The molecule has 0 bridgehead atoms. The Balaban J connectivity index is 2.02. The summed E-state index contributed by atoms with van der Waals surface area (Å²) in [6, 6.07) is 13.8. The quantitative estimate of drug-likeness (QED) is 0.233. The molecule has 0 aromatic heterocycles. The minimum atomic E-state index is -4.14. The van der Waals surface area contributed by atoms with E-state index < -0.39 is 25.6 Å². The van der Waals surface area contributed by atoms with Gasteiger partial charge in [0.15, 0.2) is 0 Å². The molecule has 33 heavy (non-hydrogen) atoms. The predicted molar refractivity (Wildman–Crippen MR) is 125 cm³/mol. The molecule has 5 N–H and O–H groups in total. The largest absolute Gasteiger partial charge is 0.508 e. The first-order chi connectivity index (χ1) is 15.6. The molecule has 0 fully saturated rings. The highest BCUT2D eigenvalue weighted by Crippen LogP contribution is 2.41. The minimum absolute atomic E-state index is 0.00996. The van der Waals surface area contributed by atoms with Gasteiger partial charge >= 0.3 is 7.60 Å². The Kier molecular flexibility index (Phi) is 10.1. The van der Waals surface area contributed by atoms with E-state index >= 15 is 0 Å². The van der Waals surface area contributed by atoms with Gasteiger partial charge in [-0.3, -0.25) is 14.2 Å². The Morgan fingerprint density at radius 3 is 2.21 bits per heavy atom. The van der Waals surface area contributed by atoms with Crippen molar-refractivity contribution in [2.45, 2.75) is 38.8 Å². The summed E-state index contributed by atoms with van der Waals surface area (Å²) in [4.78, 5) is 35.6. The van der Waals surface area contributed by atoms with Gasteiger partial charge in [-0.2, -0.15) is 4.62 Å². The van der Waals surface area contributed by atoms with Crippen LogP contribution in [0.15, 0.2) is 54.6 Å². The molecule has 0 saturated heterocycles. The first kappa shape index (κ1) is 26.5. The highest BCUT2D eigenvalue weighted by Gasteiger charge is 2.29. The van der Waals surface area contributed by atoms with E-state index in [0.717, 1.165) is 11.1 Å². The zero-order valence-electron chi connectivity index (χ0n) is 19.0. The van der Waals surface area contributed by atoms with E-state index in [1.165, 1.54) is 12.1 Å². The molecule has 0 aliphatic rings. The van der Waals surface area contributed by atoms with E-state index in [-0.39, 0.29) is 36.6 Å². The number of amides is 2. The normalized spacial score (nSPS) is 14.8. The minimum Gasteiger partial charge on any atom is -0.508 e. The van der Waals surface area contributed by atoms with Gasteiger partial charge in [0, 0.05) is 6.42 Å². The lowest BCUT2D eigenvalue weighted by Crippen LogP contribution is -2.54. The fourth-order valence-electron chi connectivity index (χ4n) is 3.25. The molecule has 0 aliphatic carbocycles. The molecule has 0 saturated carbocycles. The second-order valence-electron chi connectivity index (χ2n) is 8.10. The third-order valence-electron chi connectivity index (χ3n) is 5.08. The third kappa shape index (κ3) is 8.98. The number of rotatable bonds is 12. The van der Waals surface area contributed by atoms with Crippen molar-refractivity contribution in [3.8, 4) is 5.75 Å². The van der Waals surface area contributed by atoms with Crippen LogP contribution in [-0.4, -0.2) is 47.1 Å². The first-order valence-corrected chi connectivity index (χ1v) is 12.5. The number of phenols is 1. The van der Waals surface area contributed by atoms with Gasteiger partial charge in [-0.25, -0.2) is 5.48 Å². The van der Waals surface area contributed by atoms with Gasteiger partial charge in [0.1, 0.15) is 11.8 Å². The molecule has 2 rings (SSSR count). The van der Waals surface area contributed by atoms with Gasteiger partial charge in [0.2, 0.25) is 5.91 Å². The van der Waals surface area contributed by atoms with Crippen LogP contribution in [0.5, 0.6) is 5.75 Å². The SMILES string of the molecule is CN[C@H](C(=O)N[C@@H](Cc1ccccc1)C(=O)NOP(=O)(O)CCc1ccc(O)cc1)C(C)C. The lowest BCUT2D eigenvalue weighted by Gasteiger charge is -2.24. The number of likely N-dealkylation sites (N-methyl/N-ethyl adjacent to an activating group) is 1. The highest BCUT2D eigenvalue weighted by atomic mass is 31.2. The average molecular weight is 477 g/mol. The van der Waals surface area contributed by atoms with Crippen molar-refractivity contribution in [1.82, 2.24) is 16.1 Å². The van der Waals surface area contributed by atoms with E-state index in [2.05, 4.69) is 16.1 Å². The maximum absolute atomic E-state index is 12.8. The number of carbonyl (C=O) groups is 2. The summed E-state index contributed by atoms with van der Waals surface area (Å²) in [5, 5.41) is 15.0. The van der Waals surface area contributed by atoms with Crippen molar-refractivity contribution in [1.29, 1.82) is 0 Å². The van der Waals surface area contributed by atoms with Crippen molar-refractivity contribution < 1.29 is 28.8 Å². The molecule has 2 aromatic carbocycles. The molecule has 180 valence electrons. The standard InChI is InChI=1S/C23H32N3O6P/c1-16(2)21(24-3)23(29)25-20(15-18-7-5-4-6-8-18)22(28)26-32-33(30,31)14-13-17-9-11-19(27)12-10-17/h4-12,16,20-21,24,27H,13-15H2,1-3H3,(H,25,29)(H,26,28)(H,30,31)/t20-,21-/m0/s1. The van der Waals surface area contributed by atoms with Crippen molar-refractivity contribution in [2.24, 2.45) is 5.92 Å². The van der Waals surface area contributed by atoms with Crippen LogP contribution in [0.1, 0.15) is 25.0 Å². The van der Waals surface area contributed by atoms with Gasteiger partial charge in [-0.05, 0) is 42.6 Å². The Hall–Kier alpha value is -2.71. The van der Waals surface area contributed by atoms with Crippen LogP contribution in [0.25, 0.3) is 0 Å². The number of aromatic hydroxyl groups is 1. The summed E-state index contributed by atoms with van der Waals surface area (Å²) < 4.78 is 17.2. The molecule has 9 nitrogen and oxygen atoms in total. The van der Waals surface area contributed by atoms with Crippen LogP contribution in [0.3, 0.4) is 0 Å². The summed E-state index contributed by atoms with van der Waals surface area (Å²) in [5.74, 6) is -1.00. The first-order valence-electron chi connectivity index (χ1n) is 10.7. The lowest BCUT2D eigenvalue weighted by molar-refractivity contribution is -0.134. The average Bonchev–Trinajstić information content (AvgIpc) is 2.77. The molecular weight excluding hydrogens is 445 g/mol. The van der Waals surface area contributed by atoms with Crippen LogP contribution in [0.2, 0.25) is 0 Å². The predicted octanol–water partition coefficient (Wildman–Crippen LogP) is 2.14. The fraction of sp³-hybridized carbons (Fsp3) is 0.391. The van der Waals surface area contributed by atoms with E-state index in [9.17, 15) is 24.2 Å². The van der Waals surface area contributed by atoms with Crippen molar-refractivity contribution in [2.75, 3.05) is 13.2 Å². The van der Waals surface area contributed by atoms with Gasteiger partial charge in [0.25, 0.3) is 5.91 Å². The van der Waals surface area contributed by atoms with E-state index in [0.29, 0.717) is 0 Å². The maximum atomic E-state index is 12.8. The molecule has 0 heterocycles. The molecular formula is C23H32N3O6P. The molecule has 0 spiro atoms. The van der Waals surface area contributed by atoms with Crippen LogP contribution >= 0.6 is 7.60 Å². The summed E-state index contributed by atoms with van der Waals surface area (Å²) in [7, 11) is -2.48. The lowest BCUT2D eigenvalue weighted by atomic mass is 10.0. The van der Waals surface area contributed by atoms with Gasteiger partial charge in [-0.1, -0.05) is 56.3 Å². The number of benzene rings is 2. The number of hydrogen-bond donors (Lipinski definition) is 5. The number of nitrogens with one attached hydrogen (secondary N) is 3. The van der Waals surface area contributed by atoms with Crippen LogP contribution in [-0.2, 0) is 31.6 Å². The summed E-state index contributed by atoms with van der Waals surface area (Å²) in [6.45, 7) is 3.76. The Morgan fingerprint density at radius 2 is 1.64 bits per heavy atom. The number of aryl methyl sites for hydroxylation is 1. The van der Waals surface area contributed by atoms with Gasteiger partial charge < -0.3 is 20.6 Å². The molecule has 2 amide bonds. The summed E-state index contributed by atoms with van der Waals surface area (Å²) in [6.07, 6.45) is 0.162. The van der Waals surface area contributed by atoms with Crippen LogP contribution in [0, 0.1) is 5.92 Å². The molecule has 0 aliphatic heterocycles. The monoisotopic (exact) mass is 477 g/mol. The fourth-order valence-corrected chi connectivity index (χ4v) is 4.12. The third-order valence-corrected chi connectivity index (χ3v) is 6.25. The number of phenolic OH excluding ortho intramolecular Hbond substituents is 1. The highest BCUT2D eigenvalue weighted by molar-refractivity contribution is 7.52. The van der Waals surface area contributed by atoms with Crippen molar-refractivity contribution in [3.05, 3.63) is 65.7 Å². The summed E-state index contributed by atoms with van der Waals surface area (Å²) >= 11 is 0. The van der Waals surface area contributed by atoms with Crippen LogP contribution < -0.4 is 16.1 Å². The Bertz CT molecular complexity index is 952. The zero-order valence-corrected chi connectivity index (χ0v) is 19.9. The smallest absolute Gasteiger partial charge is 0.349 e. The topological polar surface area (TPSA) is 137 Å². The molecule has 0 radical (unpaired) electrons. The molecule has 10 heteroatoms. The van der Waals surface area contributed by atoms with Crippen molar-refractivity contribution >= 4 is 19.4 Å². The second-order valence-corrected chi connectivity index (χ2v) is 10.0. The van der Waals surface area contributed by atoms with E-state index in [1.54, 1.807) is 19.2 Å². The number of hydroxylamine groups is 1. The van der Waals surface area contributed by atoms with E-state index in [1.807, 2.05) is 44.2 Å². The van der Waals surface area contributed by atoms with Gasteiger partial charge in [-0.15, -0.1) is 0 Å². The molecule has 2 aromatic rings. The maximum Gasteiger partial charge on any atom is 0.349 e. The number of hydrogen-bond acceptors (Lipinski definition) is 6. The molecule has 3 atom stereocenters. The number of carbonyl (C=O) groups excluding carboxylic acids is 2.